The van der Waals surface area contributed by atoms with Crippen molar-refractivity contribution in [3.63, 3.8) is 0 Å². The van der Waals surface area contributed by atoms with Gasteiger partial charge in [-0.15, -0.1) is 0 Å². The van der Waals surface area contributed by atoms with Gasteiger partial charge in [0.1, 0.15) is 11.7 Å². The average Bonchev–Trinajstić information content (AvgIpc) is 2.55. The molecule has 0 aromatic heterocycles. The number of halogens is 1. The van der Waals surface area contributed by atoms with Crippen LogP contribution >= 0.6 is 0 Å². The molecule has 0 amide bonds. The topological polar surface area (TPSA) is 85.2 Å². The molecule has 124 valence electrons. The Bertz CT molecular complexity index is 622. The number of rotatable bonds is 2. The van der Waals surface area contributed by atoms with Crippen LogP contribution in [-0.4, -0.2) is 71.4 Å². The van der Waals surface area contributed by atoms with E-state index >= 15 is 0 Å². The summed E-state index contributed by atoms with van der Waals surface area (Å²) in [7, 11) is 0. The maximum absolute atomic E-state index is 14.5. The normalized spacial score (nSPS) is 27.9. The van der Waals surface area contributed by atoms with Crippen molar-refractivity contribution in [1.29, 1.82) is 0 Å². The zero-order valence-electron chi connectivity index (χ0n) is 12.8. The van der Waals surface area contributed by atoms with E-state index in [4.69, 9.17) is 5.11 Å². The molecule has 3 aliphatic heterocycles. The largest absolute Gasteiger partial charge is 0.478 e. The van der Waals surface area contributed by atoms with Gasteiger partial charge < -0.3 is 20.2 Å². The highest BCUT2D eigenvalue weighted by molar-refractivity contribution is 6.19. The van der Waals surface area contributed by atoms with Crippen LogP contribution in [0.5, 0.6) is 0 Å². The third-order valence-corrected chi connectivity index (χ3v) is 4.33. The highest BCUT2D eigenvalue weighted by Crippen LogP contribution is 2.31. The second-order valence-corrected chi connectivity index (χ2v) is 5.69. The third-order valence-electron chi connectivity index (χ3n) is 4.33. The minimum atomic E-state index is -1.29. The van der Waals surface area contributed by atoms with Gasteiger partial charge in [-0.05, 0) is 13.0 Å². The van der Waals surface area contributed by atoms with Crippen LogP contribution in [0.1, 0.15) is 6.92 Å². The van der Waals surface area contributed by atoms with E-state index in [9.17, 15) is 14.0 Å². The first-order valence-electron chi connectivity index (χ1n) is 7.69. The van der Waals surface area contributed by atoms with Crippen LogP contribution in [0.25, 0.3) is 0 Å². The van der Waals surface area contributed by atoms with Crippen LogP contribution in [0.15, 0.2) is 28.7 Å². The third kappa shape index (κ3) is 2.74. The summed E-state index contributed by atoms with van der Waals surface area (Å²) < 4.78 is 14.5. The molecule has 2 atom stereocenters. The van der Waals surface area contributed by atoms with E-state index in [1.54, 1.807) is 4.90 Å². The summed E-state index contributed by atoms with van der Waals surface area (Å²) in [6.07, 6.45) is 1.96. The molecular formula is C15H19FN4O3. The second-order valence-electron chi connectivity index (χ2n) is 5.69. The van der Waals surface area contributed by atoms with Gasteiger partial charge in [0.2, 0.25) is 0 Å². The van der Waals surface area contributed by atoms with Gasteiger partial charge in [0.15, 0.2) is 17.4 Å². The van der Waals surface area contributed by atoms with Crippen LogP contribution in [0.3, 0.4) is 0 Å². The lowest BCUT2D eigenvalue weighted by Gasteiger charge is -2.39. The van der Waals surface area contributed by atoms with E-state index in [1.807, 2.05) is 11.8 Å². The molecule has 3 rings (SSSR count). The van der Waals surface area contributed by atoms with Crippen molar-refractivity contribution in [2.45, 2.75) is 13.1 Å². The number of carboxylic acid groups (broad SMARTS) is 1. The zero-order valence-corrected chi connectivity index (χ0v) is 12.8. The Balaban J connectivity index is 1.96. The lowest BCUT2D eigenvalue weighted by Crippen LogP contribution is -2.51. The standard InChI is InChI=1S/C15H19FN4O3/c1-2-19-8-10(15(22)23)12(21)9-7-11(16)14(18-13(9)19)20-5-3-17-4-6-20/h7-9,13,17H,2-6H2,1H3,(H,22,23). The Morgan fingerprint density at radius 1 is 1.48 bits per heavy atom. The number of hydrogen-bond donors (Lipinski definition) is 2. The molecule has 7 nitrogen and oxygen atoms in total. The van der Waals surface area contributed by atoms with Gasteiger partial charge in [-0.1, -0.05) is 0 Å². The van der Waals surface area contributed by atoms with Crippen molar-refractivity contribution in [1.82, 2.24) is 15.1 Å². The van der Waals surface area contributed by atoms with Crippen molar-refractivity contribution >= 4 is 17.6 Å². The number of carboxylic acids is 1. The molecule has 3 aliphatic rings. The molecule has 0 radical (unpaired) electrons. The molecule has 0 aliphatic carbocycles. The number of nitrogens with zero attached hydrogens (tertiary/aromatic N) is 3. The number of aliphatic carboxylic acids is 1. The lowest BCUT2D eigenvalue weighted by atomic mass is 9.89. The first kappa shape index (κ1) is 15.7. The van der Waals surface area contributed by atoms with Gasteiger partial charge in [-0.3, -0.25) is 4.79 Å². The molecule has 0 aromatic rings. The van der Waals surface area contributed by atoms with Crippen LogP contribution in [0.2, 0.25) is 0 Å². The van der Waals surface area contributed by atoms with Crippen LogP contribution < -0.4 is 5.32 Å². The SMILES string of the molecule is CCN1C=C(C(=O)O)C(=O)C2C=C(F)C(N3CCNCC3)=NC21. The predicted octanol–water partition coefficient (Wildman–Crippen LogP) is -0.0275. The van der Waals surface area contributed by atoms with Crippen molar-refractivity contribution in [2.24, 2.45) is 10.9 Å². The molecule has 0 bridgehead atoms. The van der Waals surface area contributed by atoms with E-state index in [1.165, 1.54) is 12.3 Å². The predicted molar refractivity (Wildman–Crippen MR) is 81.5 cm³/mol. The smallest absolute Gasteiger partial charge is 0.340 e. The highest BCUT2D eigenvalue weighted by Gasteiger charge is 2.42. The highest BCUT2D eigenvalue weighted by atomic mass is 19.1. The molecule has 3 heterocycles. The van der Waals surface area contributed by atoms with E-state index in [0.717, 1.165) is 13.1 Å². The van der Waals surface area contributed by atoms with E-state index in [-0.39, 0.29) is 11.4 Å². The monoisotopic (exact) mass is 322 g/mol. The Kier molecular flexibility index (Phi) is 4.16. The molecule has 0 saturated carbocycles. The Labute approximate surface area is 133 Å². The summed E-state index contributed by atoms with van der Waals surface area (Å²) in [5.74, 6) is -3.07. The van der Waals surface area contributed by atoms with E-state index < -0.39 is 29.7 Å². The van der Waals surface area contributed by atoms with Crippen molar-refractivity contribution < 1.29 is 19.1 Å². The van der Waals surface area contributed by atoms with Crippen molar-refractivity contribution in [3.05, 3.63) is 23.7 Å². The van der Waals surface area contributed by atoms with Gasteiger partial charge in [0, 0.05) is 38.9 Å². The summed E-state index contributed by atoms with van der Waals surface area (Å²) in [6.45, 7) is 5.12. The van der Waals surface area contributed by atoms with Crippen LogP contribution in [0, 0.1) is 5.92 Å². The number of aliphatic imine (C=N–C) groups is 1. The molecule has 2 unspecified atom stereocenters. The summed E-state index contributed by atoms with van der Waals surface area (Å²) in [5.41, 5.74) is -0.321. The number of Topliss-reactive ketones (excluding diaryl/α,β-unsaturated/α-hetero) is 1. The minimum Gasteiger partial charge on any atom is -0.478 e. The molecule has 0 aromatic carbocycles. The second kappa shape index (κ2) is 6.11. The number of dihydropyridines is 1. The summed E-state index contributed by atoms with van der Waals surface area (Å²) in [5, 5.41) is 12.3. The first-order chi connectivity index (χ1) is 11.0. The minimum absolute atomic E-state index is 0.256. The quantitative estimate of drug-likeness (QED) is 0.695. The number of nitrogens with one attached hydrogen (secondary N) is 1. The van der Waals surface area contributed by atoms with Gasteiger partial charge in [0.25, 0.3) is 0 Å². The maximum atomic E-state index is 14.5. The number of hydrogen-bond acceptors (Lipinski definition) is 6. The number of ketones is 1. The fraction of sp³-hybridized carbons (Fsp3) is 0.533. The van der Waals surface area contributed by atoms with Gasteiger partial charge in [-0.2, -0.15) is 0 Å². The van der Waals surface area contributed by atoms with Crippen LogP contribution in [-0.2, 0) is 9.59 Å². The molecule has 2 N–H and O–H groups in total. The molecule has 1 saturated heterocycles. The number of piperazine rings is 1. The zero-order chi connectivity index (χ0) is 16.6. The van der Waals surface area contributed by atoms with Crippen LogP contribution in [0.4, 0.5) is 4.39 Å². The fourth-order valence-corrected chi connectivity index (χ4v) is 3.11. The summed E-state index contributed by atoms with van der Waals surface area (Å²) in [6, 6.07) is 0. The molecule has 8 heteroatoms. The lowest BCUT2D eigenvalue weighted by molar-refractivity contribution is -0.136. The number of carbonyl (C=O) groups is 2. The van der Waals surface area contributed by atoms with E-state index in [2.05, 4.69) is 10.3 Å². The first-order valence-corrected chi connectivity index (χ1v) is 7.69. The fourth-order valence-electron chi connectivity index (χ4n) is 3.11. The van der Waals surface area contributed by atoms with E-state index in [0.29, 0.717) is 19.6 Å². The van der Waals surface area contributed by atoms with Crippen molar-refractivity contribution in [2.75, 3.05) is 32.7 Å². The average molecular weight is 322 g/mol. The number of fused-ring (bicyclic) bond motifs is 1. The Morgan fingerprint density at radius 2 is 2.17 bits per heavy atom. The van der Waals surface area contributed by atoms with Gasteiger partial charge >= 0.3 is 5.97 Å². The molecule has 1 fully saturated rings. The summed E-state index contributed by atoms with van der Waals surface area (Å²) in [4.78, 5) is 31.5. The van der Waals surface area contributed by atoms with Gasteiger partial charge in [-0.25, -0.2) is 14.2 Å². The maximum Gasteiger partial charge on any atom is 0.340 e. The molecule has 0 spiro atoms. The molecular weight excluding hydrogens is 303 g/mol. The number of carbonyl (C=O) groups excluding carboxylic acids is 1. The van der Waals surface area contributed by atoms with Crippen molar-refractivity contribution in [3.8, 4) is 0 Å². The molecule has 23 heavy (non-hydrogen) atoms. The number of amidine groups is 1. The Morgan fingerprint density at radius 3 is 2.78 bits per heavy atom. The van der Waals surface area contributed by atoms with Gasteiger partial charge in [0.05, 0.1) is 5.92 Å². The summed E-state index contributed by atoms with van der Waals surface area (Å²) >= 11 is 0. The Hall–Kier alpha value is -2.22.